The molecule has 1 saturated heterocycles. The summed E-state index contributed by atoms with van der Waals surface area (Å²) in [6, 6.07) is 2.84. The fourth-order valence-electron chi connectivity index (χ4n) is 2.96. The number of benzene rings is 1. The topological polar surface area (TPSA) is 61.8 Å². The number of nitrogens with one attached hydrogen (secondary N) is 1. The first-order valence-electron chi connectivity index (χ1n) is 7.17. The summed E-state index contributed by atoms with van der Waals surface area (Å²) in [5.74, 6) is -0.441. The van der Waals surface area contributed by atoms with E-state index in [0.29, 0.717) is 22.9 Å². The first kappa shape index (κ1) is 14.3. The maximum absolute atomic E-state index is 14.2. The number of hydrogen-bond donors (Lipinski definition) is 2. The highest BCUT2D eigenvalue weighted by molar-refractivity contribution is 6.02. The molecule has 1 atom stereocenters. The van der Waals surface area contributed by atoms with Crippen molar-refractivity contribution in [3.05, 3.63) is 23.5 Å². The van der Waals surface area contributed by atoms with Crippen LogP contribution in [0.5, 0.6) is 0 Å². The SMILES string of the molecule is CN(CC1CCOCC1)c1cc2c(cc1F)C(O)C(=O)N2. The second-order valence-corrected chi connectivity index (χ2v) is 5.72. The molecule has 0 spiro atoms. The third kappa shape index (κ3) is 2.73. The molecule has 5 nitrogen and oxygen atoms in total. The molecular formula is C15H19FN2O3. The number of ether oxygens (including phenoxy) is 1. The largest absolute Gasteiger partial charge is 0.381 e. The zero-order valence-corrected chi connectivity index (χ0v) is 11.9. The van der Waals surface area contributed by atoms with Crippen molar-refractivity contribution in [1.29, 1.82) is 0 Å². The van der Waals surface area contributed by atoms with Crippen LogP contribution in [0.2, 0.25) is 0 Å². The van der Waals surface area contributed by atoms with E-state index in [9.17, 15) is 14.3 Å². The molecule has 0 saturated carbocycles. The number of carbonyl (C=O) groups excluding carboxylic acids is 1. The molecule has 1 unspecified atom stereocenters. The summed E-state index contributed by atoms with van der Waals surface area (Å²) in [4.78, 5) is 13.3. The lowest BCUT2D eigenvalue weighted by Gasteiger charge is -2.29. The maximum Gasteiger partial charge on any atom is 0.257 e. The lowest BCUT2D eigenvalue weighted by Crippen LogP contribution is -2.30. The van der Waals surface area contributed by atoms with Crippen LogP contribution in [0.1, 0.15) is 24.5 Å². The molecule has 114 valence electrons. The normalized spacial score (nSPS) is 22.0. The Kier molecular flexibility index (Phi) is 3.82. The quantitative estimate of drug-likeness (QED) is 0.890. The predicted molar refractivity (Wildman–Crippen MR) is 76.8 cm³/mol. The molecule has 21 heavy (non-hydrogen) atoms. The summed E-state index contributed by atoms with van der Waals surface area (Å²) in [7, 11) is 1.84. The number of rotatable bonds is 3. The average molecular weight is 294 g/mol. The molecule has 1 amide bonds. The summed E-state index contributed by atoms with van der Waals surface area (Å²) in [5, 5.41) is 12.2. The monoisotopic (exact) mass is 294 g/mol. The van der Waals surface area contributed by atoms with Gasteiger partial charge in [-0.15, -0.1) is 0 Å². The van der Waals surface area contributed by atoms with Crippen molar-refractivity contribution in [2.24, 2.45) is 5.92 Å². The van der Waals surface area contributed by atoms with E-state index in [0.717, 1.165) is 32.6 Å². The molecule has 3 rings (SSSR count). The number of aliphatic hydroxyl groups excluding tert-OH is 1. The molecule has 2 aliphatic heterocycles. The second kappa shape index (κ2) is 5.61. The van der Waals surface area contributed by atoms with E-state index < -0.39 is 17.8 Å². The molecule has 6 heteroatoms. The number of hydrogen-bond acceptors (Lipinski definition) is 4. The fourth-order valence-corrected chi connectivity index (χ4v) is 2.96. The van der Waals surface area contributed by atoms with Gasteiger partial charge in [0.25, 0.3) is 5.91 Å². The van der Waals surface area contributed by atoms with Crippen molar-refractivity contribution < 1.29 is 19.0 Å². The minimum atomic E-state index is -1.27. The van der Waals surface area contributed by atoms with Crippen LogP contribution in [0, 0.1) is 11.7 Å². The van der Waals surface area contributed by atoms with Gasteiger partial charge in [-0.3, -0.25) is 4.79 Å². The van der Waals surface area contributed by atoms with Crippen LogP contribution in [0.4, 0.5) is 15.8 Å². The fraction of sp³-hybridized carbons (Fsp3) is 0.533. The Morgan fingerprint density at radius 3 is 2.86 bits per heavy atom. The van der Waals surface area contributed by atoms with Crippen LogP contribution < -0.4 is 10.2 Å². The molecular weight excluding hydrogens is 275 g/mol. The molecule has 1 aromatic rings. The van der Waals surface area contributed by atoms with E-state index >= 15 is 0 Å². The molecule has 2 aliphatic rings. The Bertz CT molecular complexity index is 558. The van der Waals surface area contributed by atoms with Gasteiger partial charge in [-0.05, 0) is 30.9 Å². The van der Waals surface area contributed by atoms with Crippen LogP contribution in [0.25, 0.3) is 0 Å². The van der Waals surface area contributed by atoms with Crippen molar-refractivity contribution in [3.8, 4) is 0 Å². The highest BCUT2D eigenvalue weighted by Gasteiger charge is 2.30. The van der Waals surface area contributed by atoms with E-state index in [1.54, 1.807) is 6.07 Å². The van der Waals surface area contributed by atoms with Gasteiger partial charge in [0.05, 0.1) is 5.69 Å². The van der Waals surface area contributed by atoms with E-state index in [1.807, 2.05) is 11.9 Å². The number of halogens is 1. The van der Waals surface area contributed by atoms with Gasteiger partial charge < -0.3 is 20.1 Å². The van der Waals surface area contributed by atoms with Gasteiger partial charge in [0.2, 0.25) is 0 Å². The van der Waals surface area contributed by atoms with Gasteiger partial charge in [-0.25, -0.2) is 4.39 Å². The highest BCUT2D eigenvalue weighted by atomic mass is 19.1. The van der Waals surface area contributed by atoms with E-state index in [2.05, 4.69) is 5.32 Å². The van der Waals surface area contributed by atoms with Crippen LogP contribution in [-0.2, 0) is 9.53 Å². The summed E-state index contributed by atoms with van der Waals surface area (Å²) in [6.07, 6.45) is 0.683. The molecule has 0 aliphatic carbocycles. The number of fused-ring (bicyclic) bond motifs is 1. The predicted octanol–water partition coefficient (Wildman–Crippen LogP) is 1.67. The van der Waals surface area contributed by atoms with Crippen molar-refractivity contribution >= 4 is 17.3 Å². The molecule has 0 bridgehead atoms. The Morgan fingerprint density at radius 2 is 2.14 bits per heavy atom. The average Bonchev–Trinajstić information content (AvgIpc) is 2.74. The lowest BCUT2D eigenvalue weighted by molar-refractivity contribution is -0.123. The molecule has 1 aromatic carbocycles. The van der Waals surface area contributed by atoms with Crippen molar-refractivity contribution in [1.82, 2.24) is 0 Å². The second-order valence-electron chi connectivity index (χ2n) is 5.72. The number of nitrogens with zero attached hydrogens (tertiary/aromatic N) is 1. The van der Waals surface area contributed by atoms with Gasteiger partial charge >= 0.3 is 0 Å². The van der Waals surface area contributed by atoms with Gasteiger partial charge in [0.1, 0.15) is 5.82 Å². The lowest BCUT2D eigenvalue weighted by atomic mass is 9.99. The summed E-state index contributed by atoms with van der Waals surface area (Å²) in [6.45, 7) is 2.26. The van der Waals surface area contributed by atoms with Crippen LogP contribution in [0.3, 0.4) is 0 Å². The third-order valence-electron chi connectivity index (χ3n) is 4.20. The third-order valence-corrected chi connectivity index (χ3v) is 4.20. The minimum absolute atomic E-state index is 0.306. The first-order chi connectivity index (χ1) is 10.1. The smallest absolute Gasteiger partial charge is 0.257 e. The molecule has 0 aromatic heterocycles. The van der Waals surface area contributed by atoms with Gasteiger partial charge in [-0.1, -0.05) is 0 Å². The van der Waals surface area contributed by atoms with Crippen molar-refractivity contribution in [3.63, 3.8) is 0 Å². The Labute approximate surface area is 122 Å². The van der Waals surface area contributed by atoms with Crippen molar-refractivity contribution in [2.75, 3.05) is 37.0 Å². The number of anilines is 2. The molecule has 1 fully saturated rings. The van der Waals surface area contributed by atoms with Gasteiger partial charge in [0, 0.05) is 38.1 Å². The highest BCUT2D eigenvalue weighted by Crippen LogP contribution is 2.36. The first-order valence-corrected chi connectivity index (χ1v) is 7.17. The standard InChI is InChI=1S/C15H19FN2O3/c1-18(8-9-2-4-21-5-3-9)13-7-12-10(6-11(13)16)14(19)15(20)17-12/h6-7,9,14,19H,2-5,8H2,1H3,(H,17,20). The van der Waals surface area contributed by atoms with E-state index in [1.165, 1.54) is 6.07 Å². The summed E-state index contributed by atoms with van der Waals surface area (Å²) >= 11 is 0. The van der Waals surface area contributed by atoms with Crippen LogP contribution in [-0.4, -0.2) is 37.8 Å². The van der Waals surface area contributed by atoms with E-state index in [-0.39, 0.29) is 0 Å². The zero-order valence-electron chi connectivity index (χ0n) is 11.9. The molecule has 2 heterocycles. The van der Waals surface area contributed by atoms with Crippen molar-refractivity contribution in [2.45, 2.75) is 18.9 Å². The Balaban J connectivity index is 1.79. The number of carbonyl (C=O) groups is 1. The van der Waals surface area contributed by atoms with Crippen LogP contribution >= 0.6 is 0 Å². The Hall–Kier alpha value is -1.66. The zero-order chi connectivity index (χ0) is 15.0. The number of aliphatic hydroxyl groups is 1. The summed E-state index contributed by atoms with van der Waals surface area (Å²) in [5.41, 5.74) is 1.23. The molecule has 0 radical (unpaired) electrons. The minimum Gasteiger partial charge on any atom is -0.381 e. The van der Waals surface area contributed by atoms with Crippen LogP contribution in [0.15, 0.2) is 12.1 Å². The molecule has 2 N–H and O–H groups in total. The maximum atomic E-state index is 14.2. The van der Waals surface area contributed by atoms with Gasteiger partial charge in [-0.2, -0.15) is 0 Å². The van der Waals surface area contributed by atoms with Gasteiger partial charge in [0.15, 0.2) is 6.10 Å². The summed E-state index contributed by atoms with van der Waals surface area (Å²) < 4.78 is 19.6. The van der Waals surface area contributed by atoms with E-state index in [4.69, 9.17) is 4.74 Å². The number of amides is 1. The Morgan fingerprint density at radius 1 is 1.43 bits per heavy atom.